The van der Waals surface area contributed by atoms with Crippen molar-refractivity contribution in [2.75, 3.05) is 26.2 Å². The Morgan fingerprint density at radius 3 is 2.39 bits per heavy atom. The molecule has 0 aromatic heterocycles. The molecular weight excluding hydrogens is 466 g/mol. The van der Waals surface area contributed by atoms with Crippen LogP contribution in [0.3, 0.4) is 0 Å². The third-order valence-electron chi connectivity index (χ3n) is 6.10. The first-order valence-electron chi connectivity index (χ1n) is 10.8. The number of hydrogen-bond acceptors (Lipinski definition) is 6. The Kier molecular flexibility index (Phi) is 5.20. The van der Waals surface area contributed by atoms with E-state index in [1.165, 1.54) is 24.3 Å². The van der Waals surface area contributed by atoms with Crippen molar-refractivity contribution in [3.05, 3.63) is 48.0 Å². The minimum absolute atomic E-state index is 0.0569. The number of anilines is 3. The van der Waals surface area contributed by atoms with Gasteiger partial charge in [0, 0.05) is 30.3 Å². The number of aryl methyl sites for hydroxylation is 1. The molecule has 2 aromatic rings. The molecule has 1 aliphatic carbocycles. The van der Waals surface area contributed by atoms with E-state index in [1.54, 1.807) is 23.1 Å². The fourth-order valence-electron chi connectivity index (χ4n) is 4.28. The zero-order valence-electron chi connectivity index (χ0n) is 17.7. The van der Waals surface area contributed by atoms with Gasteiger partial charge in [0.25, 0.3) is 10.0 Å². The molecule has 3 aliphatic rings. The van der Waals surface area contributed by atoms with Gasteiger partial charge in [-0.25, -0.2) is 21.1 Å². The Balaban J connectivity index is 1.36. The van der Waals surface area contributed by atoms with Crippen molar-refractivity contribution in [2.24, 2.45) is 5.92 Å². The zero-order chi connectivity index (χ0) is 23.4. The van der Waals surface area contributed by atoms with Gasteiger partial charge in [-0.05, 0) is 73.7 Å². The number of nitrogens with zero attached hydrogens (tertiary/aromatic N) is 2. The van der Waals surface area contributed by atoms with Crippen LogP contribution in [0.25, 0.3) is 0 Å². The molecule has 2 amide bonds. The summed E-state index contributed by atoms with van der Waals surface area (Å²) < 4.78 is 53.2. The molecule has 2 fully saturated rings. The Hall–Kier alpha value is -2.92. The summed E-state index contributed by atoms with van der Waals surface area (Å²) >= 11 is 0. The van der Waals surface area contributed by atoms with E-state index in [0.717, 1.165) is 41.2 Å². The number of benzene rings is 2. The monoisotopic (exact) mass is 489 g/mol. The van der Waals surface area contributed by atoms with Crippen molar-refractivity contribution >= 4 is 48.9 Å². The summed E-state index contributed by atoms with van der Waals surface area (Å²) in [7, 11) is -7.66. The van der Waals surface area contributed by atoms with Crippen LogP contribution in [-0.4, -0.2) is 40.9 Å². The van der Waals surface area contributed by atoms with Gasteiger partial charge in [0.05, 0.1) is 16.3 Å². The standard InChI is InChI=1S/C22H23N3O6S2/c26-21-11-13-32(28,29)25(21)18-6-8-19(9-7-18)33(30,31)23-17-5-10-20-16(14-17)2-1-12-24(20)22(27)15-3-4-15/h5-10,14-15,23H,1-4,11-13H2. The molecule has 2 heterocycles. The average molecular weight is 490 g/mol. The highest BCUT2D eigenvalue weighted by molar-refractivity contribution is 7.94. The van der Waals surface area contributed by atoms with Crippen LogP contribution in [0.15, 0.2) is 47.4 Å². The Morgan fingerprint density at radius 1 is 1.03 bits per heavy atom. The van der Waals surface area contributed by atoms with Gasteiger partial charge in [-0.1, -0.05) is 0 Å². The van der Waals surface area contributed by atoms with Crippen LogP contribution in [0.1, 0.15) is 31.2 Å². The molecule has 0 radical (unpaired) electrons. The van der Waals surface area contributed by atoms with E-state index in [0.29, 0.717) is 12.2 Å². The average Bonchev–Trinajstić information content (AvgIpc) is 3.58. The van der Waals surface area contributed by atoms with E-state index in [1.807, 2.05) is 0 Å². The molecule has 2 aromatic carbocycles. The maximum atomic E-state index is 12.9. The summed E-state index contributed by atoms with van der Waals surface area (Å²) in [6, 6.07) is 10.3. The molecule has 5 rings (SSSR count). The number of nitrogens with one attached hydrogen (secondary N) is 1. The van der Waals surface area contributed by atoms with Gasteiger partial charge < -0.3 is 4.90 Å². The summed E-state index contributed by atoms with van der Waals surface area (Å²) in [6.45, 7) is 0.676. The minimum Gasteiger partial charge on any atom is -0.312 e. The molecule has 0 spiro atoms. The maximum absolute atomic E-state index is 12.9. The number of rotatable bonds is 5. The molecule has 0 atom stereocenters. The van der Waals surface area contributed by atoms with Gasteiger partial charge >= 0.3 is 0 Å². The number of hydrogen-bond donors (Lipinski definition) is 1. The Labute approximate surface area is 192 Å². The first-order valence-corrected chi connectivity index (χ1v) is 13.9. The fourth-order valence-corrected chi connectivity index (χ4v) is 6.79. The van der Waals surface area contributed by atoms with Crippen LogP contribution >= 0.6 is 0 Å². The highest BCUT2D eigenvalue weighted by Crippen LogP contribution is 2.37. The largest absolute Gasteiger partial charge is 0.312 e. The van der Waals surface area contributed by atoms with Gasteiger partial charge in [-0.2, -0.15) is 0 Å². The predicted molar refractivity (Wildman–Crippen MR) is 123 cm³/mol. The second-order valence-corrected chi connectivity index (χ2v) is 12.2. The third kappa shape index (κ3) is 4.10. The van der Waals surface area contributed by atoms with E-state index in [9.17, 15) is 26.4 Å². The van der Waals surface area contributed by atoms with E-state index in [2.05, 4.69) is 4.72 Å². The molecular formula is C22H23N3O6S2. The summed E-state index contributed by atoms with van der Waals surface area (Å²) in [4.78, 5) is 26.2. The minimum atomic E-state index is -3.94. The molecule has 0 unspecified atom stereocenters. The molecule has 174 valence electrons. The van der Waals surface area contributed by atoms with E-state index < -0.39 is 26.0 Å². The predicted octanol–water partition coefficient (Wildman–Crippen LogP) is 2.24. The number of fused-ring (bicyclic) bond motifs is 1. The van der Waals surface area contributed by atoms with Crippen LogP contribution in [0.4, 0.5) is 17.1 Å². The highest BCUT2D eigenvalue weighted by atomic mass is 32.2. The Bertz CT molecular complexity index is 1350. The van der Waals surface area contributed by atoms with Gasteiger partial charge in [0.2, 0.25) is 21.8 Å². The molecule has 1 N–H and O–H groups in total. The maximum Gasteiger partial charge on any atom is 0.261 e. The second kappa shape index (κ2) is 7.84. The van der Waals surface area contributed by atoms with Crippen LogP contribution < -0.4 is 13.9 Å². The van der Waals surface area contributed by atoms with Crippen molar-refractivity contribution in [3.63, 3.8) is 0 Å². The number of amides is 2. The van der Waals surface area contributed by atoms with Crippen molar-refractivity contribution in [1.29, 1.82) is 0 Å². The summed E-state index contributed by atoms with van der Waals surface area (Å²) in [5.41, 5.74) is 2.26. The van der Waals surface area contributed by atoms with Crippen LogP contribution in [0.2, 0.25) is 0 Å². The van der Waals surface area contributed by atoms with Crippen molar-refractivity contribution < 1.29 is 26.4 Å². The normalized spacial score (nSPS) is 19.9. The lowest BCUT2D eigenvalue weighted by Gasteiger charge is -2.30. The lowest BCUT2D eigenvalue weighted by atomic mass is 10.0. The van der Waals surface area contributed by atoms with Crippen molar-refractivity contribution in [3.8, 4) is 0 Å². The van der Waals surface area contributed by atoms with E-state index in [4.69, 9.17) is 0 Å². The number of sulfonamides is 2. The molecule has 2 aliphatic heterocycles. The van der Waals surface area contributed by atoms with Gasteiger partial charge in [0.15, 0.2) is 0 Å². The lowest BCUT2D eigenvalue weighted by molar-refractivity contribution is -0.120. The Morgan fingerprint density at radius 2 is 1.76 bits per heavy atom. The quantitative estimate of drug-likeness (QED) is 0.688. The zero-order valence-corrected chi connectivity index (χ0v) is 19.4. The molecule has 0 bridgehead atoms. The van der Waals surface area contributed by atoms with Gasteiger partial charge in [-0.15, -0.1) is 0 Å². The molecule has 11 heteroatoms. The second-order valence-electron chi connectivity index (χ2n) is 8.53. The number of carbonyl (C=O) groups is 2. The van der Waals surface area contributed by atoms with Gasteiger partial charge in [-0.3, -0.25) is 14.3 Å². The molecule has 9 nitrogen and oxygen atoms in total. The SMILES string of the molecule is O=C(C1CC1)N1CCCc2cc(NS(=O)(=O)c3ccc(N4C(=O)CCS4(=O)=O)cc3)ccc21. The highest BCUT2D eigenvalue weighted by Gasteiger charge is 2.37. The number of carbonyl (C=O) groups excluding carboxylic acids is 2. The summed E-state index contributed by atoms with van der Waals surface area (Å²) in [5, 5.41) is 0. The molecule has 33 heavy (non-hydrogen) atoms. The van der Waals surface area contributed by atoms with Crippen LogP contribution in [-0.2, 0) is 36.1 Å². The van der Waals surface area contributed by atoms with Crippen molar-refractivity contribution in [2.45, 2.75) is 37.0 Å². The fraction of sp³-hybridized carbons (Fsp3) is 0.364. The van der Waals surface area contributed by atoms with Crippen molar-refractivity contribution in [1.82, 2.24) is 0 Å². The summed E-state index contributed by atoms with van der Waals surface area (Å²) in [5.74, 6) is -0.534. The third-order valence-corrected chi connectivity index (χ3v) is 9.19. The summed E-state index contributed by atoms with van der Waals surface area (Å²) in [6.07, 6.45) is 3.35. The topological polar surface area (TPSA) is 121 Å². The first kappa shape index (κ1) is 21.9. The lowest BCUT2D eigenvalue weighted by Crippen LogP contribution is -2.36. The first-order chi connectivity index (χ1) is 15.7. The molecule has 1 saturated heterocycles. The molecule has 1 saturated carbocycles. The van der Waals surface area contributed by atoms with E-state index >= 15 is 0 Å². The van der Waals surface area contributed by atoms with E-state index in [-0.39, 0.29) is 34.6 Å². The van der Waals surface area contributed by atoms with Gasteiger partial charge in [0.1, 0.15) is 0 Å². The van der Waals surface area contributed by atoms with Crippen LogP contribution in [0.5, 0.6) is 0 Å². The smallest absolute Gasteiger partial charge is 0.261 e. The van der Waals surface area contributed by atoms with Crippen LogP contribution in [0, 0.1) is 5.92 Å².